The summed E-state index contributed by atoms with van der Waals surface area (Å²) in [5.74, 6) is 0.360. The van der Waals surface area contributed by atoms with Crippen LogP contribution in [0.25, 0.3) is 0 Å². The van der Waals surface area contributed by atoms with Crippen molar-refractivity contribution >= 4 is 5.97 Å². The Morgan fingerprint density at radius 1 is 1.40 bits per heavy atom. The van der Waals surface area contributed by atoms with Crippen LogP contribution in [-0.2, 0) is 4.74 Å². The molecule has 2 rings (SSSR count). The van der Waals surface area contributed by atoms with Crippen molar-refractivity contribution < 1.29 is 15.0 Å². The predicted octanol–water partition coefficient (Wildman–Crippen LogP) is 2.79. The van der Waals surface area contributed by atoms with E-state index in [0.717, 1.165) is 12.8 Å². The highest BCUT2D eigenvalue weighted by molar-refractivity contribution is 5.89. The van der Waals surface area contributed by atoms with Crippen molar-refractivity contribution in [2.75, 3.05) is 0 Å². The van der Waals surface area contributed by atoms with E-state index in [4.69, 9.17) is 4.74 Å². The van der Waals surface area contributed by atoms with Crippen LogP contribution in [0.1, 0.15) is 50.4 Å². The van der Waals surface area contributed by atoms with Crippen molar-refractivity contribution in [2.24, 2.45) is 11.3 Å². The summed E-state index contributed by atoms with van der Waals surface area (Å²) >= 11 is 0. The molecule has 0 spiro atoms. The van der Waals surface area contributed by atoms with Gasteiger partial charge in [-0.05, 0) is 42.7 Å². The van der Waals surface area contributed by atoms with Gasteiger partial charge in [-0.25, -0.2) is 4.79 Å². The molecule has 5 heteroatoms. The number of aromatic nitrogens is 1. The topological polar surface area (TPSA) is 106 Å². The van der Waals surface area contributed by atoms with Crippen LogP contribution in [0.15, 0.2) is 24.5 Å². The molecule has 1 aromatic rings. The Hall–Kier alpha value is -1.46. The smallest absolute Gasteiger partial charge is 0.339 e. The average molecular weight is 282 g/mol. The molecule has 1 saturated carbocycles. The van der Waals surface area contributed by atoms with Crippen molar-refractivity contribution in [3.63, 3.8) is 0 Å². The Labute approximate surface area is 120 Å². The number of carbonyl (C=O) groups excluding carboxylic acids is 1. The standard InChI is InChI=1S/C15H21NO2.H3N.H2O/c1-11-7-13(9-15(2,3)8-11)18-14(17)12-5-4-6-16-10-12;;/h4-6,10-11,13H,7-9H2,1-3H3;1H3;1H2/t11-,13-;;/m1../s1. The summed E-state index contributed by atoms with van der Waals surface area (Å²) in [6, 6.07) is 3.50. The van der Waals surface area contributed by atoms with E-state index in [1.807, 2.05) is 0 Å². The Kier molecular flexibility index (Phi) is 6.82. The highest BCUT2D eigenvalue weighted by Crippen LogP contribution is 2.39. The molecular formula is C15H26N2O3. The van der Waals surface area contributed by atoms with Crippen LogP contribution < -0.4 is 6.15 Å². The van der Waals surface area contributed by atoms with Gasteiger partial charge < -0.3 is 16.4 Å². The van der Waals surface area contributed by atoms with Gasteiger partial charge in [-0.3, -0.25) is 4.98 Å². The summed E-state index contributed by atoms with van der Waals surface area (Å²) in [5.41, 5.74) is 0.797. The largest absolute Gasteiger partial charge is 0.459 e. The molecule has 5 N–H and O–H groups in total. The second kappa shape index (κ2) is 7.36. The molecule has 0 unspecified atom stereocenters. The molecule has 0 bridgehead atoms. The van der Waals surface area contributed by atoms with Gasteiger partial charge in [0.1, 0.15) is 6.10 Å². The number of carbonyl (C=O) groups is 1. The SMILES string of the molecule is C[C@@H]1C[C@@H](OC(=O)c2cccnc2)CC(C)(C)C1.N.O. The fourth-order valence-corrected chi connectivity index (χ4v) is 3.05. The maximum Gasteiger partial charge on any atom is 0.339 e. The van der Waals surface area contributed by atoms with Gasteiger partial charge in [-0.2, -0.15) is 0 Å². The first-order valence-corrected chi connectivity index (χ1v) is 6.57. The molecule has 114 valence electrons. The predicted molar refractivity (Wildman–Crippen MR) is 78.9 cm³/mol. The van der Waals surface area contributed by atoms with E-state index in [1.54, 1.807) is 24.5 Å². The van der Waals surface area contributed by atoms with Gasteiger partial charge in [0.25, 0.3) is 0 Å². The van der Waals surface area contributed by atoms with Crippen LogP contribution in [0.2, 0.25) is 0 Å². The number of hydrogen-bond donors (Lipinski definition) is 1. The summed E-state index contributed by atoms with van der Waals surface area (Å²) in [6.45, 7) is 6.72. The van der Waals surface area contributed by atoms with Crippen LogP contribution >= 0.6 is 0 Å². The van der Waals surface area contributed by atoms with Gasteiger partial charge in [-0.1, -0.05) is 20.8 Å². The number of pyridine rings is 1. The lowest BCUT2D eigenvalue weighted by molar-refractivity contribution is -0.00718. The summed E-state index contributed by atoms with van der Waals surface area (Å²) in [7, 11) is 0. The Balaban J connectivity index is 0.00000180. The van der Waals surface area contributed by atoms with Crippen LogP contribution in [0.5, 0.6) is 0 Å². The fourth-order valence-electron chi connectivity index (χ4n) is 3.05. The van der Waals surface area contributed by atoms with Gasteiger partial charge in [0, 0.05) is 12.4 Å². The van der Waals surface area contributed by atoms with Gasteiger partial charge >= 0.3 is 5.97 Å². The van der Waals surface area contributed by atoms with Crippen molar-refractivity contribution in [3.05, 3.63) is 30.1 Å². The van der Waals surface area contributed by atoms with E-state index in [0.29, 0.717) is 11.5 Å². The monoisotopic (exact) mass is 282 g/mol. The quantitative estimate of drug-likeness (QED) is 0.841. The maximum atomic E-state index is 12.0. The summed E-state index contributed by atoms with van der Waals surface area (Å²) < 4.78 is 5.60. The van der Waals surface area contributed by atoms with Gasteiger partial charge in [-0.15, -0.1) is 0 Å². The number of ether oxygens (including phenoxy) is 1. The molecule has 1 aromatic heterocycles. The third kappa shape index (κ3) is 4.90. The summed E-state index contributed by atoms with van der Waals surface area (Å²) in [4.78, 5) is 15.9. The zero-order valence-corrected chi connectivity index (χ0v) is 12.6. The van der Waals surface area contributed by atoms with E-state index in [1.165, 1.54) is 6.42 Å². The third-order valence-corrected chi connectivity index (χ3v) is 3.52. The molecular weight excluding hydrogens is 256 g/mol. The molecule has 5 nitrogen and oxygen atoms in total. The molecule has 0 saturated heterocycles. The summed E-state index contributed by atoms with van der Waals surface area (Å²) in [6.07, 6.45) is 6.37. The third-order valence-electron chi connectivity index (χ3n) is 3.52. The van der Waals surface area contributed by atoms with Crippen molar-refractivity contribution in [2.45, 2.75) is 46.1 Å². The van der Waals surface area contributed by atoms with Gasteiger partial charge in [0.15, 0.2) is 0 Å². The number of hydrogen-bond acceptors (Lipinski definition) is 4. The molecule has 1 heterocycles. The molecule has 20 heavy (non-hydrogen) atoms. The molecule has 2 atom stereocenters. The normalized spacial score (nSPS) is 23.9. The molecule has 1 fully saturated rings. The second-order valence-electron chi connectivity index (χ2n) is 6.18. The zero-order valence-electron chi connectivity index (χ0n) is 12.6. The molecule has 0 aromatic carbocycles. The molecule has 0 amide bonds. The minimum atomic E-state index is -0.252. The van der Waals surface area contributed by atoms with E-state index >= 15 is 0 Å². The molecule has 1 aliphatic rings. The average Bonchev–Trinajstić information content (AvgIpc) is 2.27. The second-order valence-corrected chi connectivity index (χ2v) is 6.18. The number of esters is 1. The minimum absolute atomic E-state index is 0. The maximum absolute atomic E-state index is 12.0. The van der Waals surface area contributed by atoms with E-state index in [2.05, 4.69) is 25.8 Å². The Morgan fingerprint density at radius 2 is 2.10 bits per heavy atom. The molecule has 0 radical (unpaired) electrons. The lowest BCUT2D eigenvalue weighted by Gasteiger charge is -2.38. The van der Waals surface area contributed by atoms with E-state index in [-0.39, 0.29) is 29.1 Å². The van der Waals surface area contributed by atoms with Crippen LogP contribution in [0.4, 0.5) is 0 Å². The molecule has 1 aliphatic carbocycles. The van der Waals surface area contributed by atoms with Gasteiger partial charge in [0.2, 0.25) is 0 Å². The van der Waals surface area contributed by atoms with Crippen molar-refractivity contribution in [1.29, 1.82) is 0 Å². The summed E-state index contributed by atoms with van der Waals surface area (Å²) in [5, 5.41) is 0. The highest BCUT2D eigenvalue weighted by atomic mass is 16.5. The Morgan fingerprint density at radius 3 is 2.65 bits per heavy atom. The first-order chi connectivity index (χ1) is 8.46. The van der Waals surface area contributed by atoms with Crippen LogP contribution in [-0.4, -0.2) is 22.5 Å². The van der Waals surface area contributed by atoms with Crippen LogP contribution in [0, 0.1) is 11.3 Å². The fraction of sp³-hybridized carbons (Fsp3) is 0.600. The van der Waals surface area contributed by atoms with E-state index < -0.39 is 0 Å². The zero-order chi connectivity index (χ0) is 13.2. The highest BCUT2D eigenvalue weighted by Gasteiger charge is 2.34. The van der Waals surface area contributed by atoms with Crippen molar-refractivity contribution in [1.82, 2.24) is 11.1 Å². The lowest BCUT2D eigenvalue weighted by Crippen LogP contribution is -2.34. The number of rotatable bonds is 2. The lowest BCUT2D eigenvalue weighted by atomic mass is 9.71. The van der Waals surface area contributed by atoms with E-state index in [9.17, 15) is 4.79 Å². The van der Waals surface area contributed by atoms with Gasteiger partial charge in [0.05, 0.1) is 5.56 Å². The first-order valence-electron chi connectivity index (χ1n) is 6.57. The first kappa shape index (κ1) is 18.5. The molecule has 0 aliphatic heterocycles. The van der Waals surface area contributed by atoms with Crippen LogP contribution in [0.3, 0.4) is 0 Å². The minimum Gasteiger partial charge on any atom is -0.459 e. The Bertz CT molecular complexity index is 420. The number of nitrogens with zero attached hydrogens (tertiary/aromatic N) is 1. The van der Waals surface area contributed by atoms with Crippen molar-refractivity contribution in [3.8, 4) is 0 Å².